The van der Waals surface area contributed by atoms with E-state index >= 15 is 0 Å². The number of nitrogens with zero attached hydrogens (tertiary/aromatic N) is 2. The van der Waals surface area contributed by atoms with Crippen LogP contribution < -0.4 is 0 Å². The minimum atomic E-state index is -0.0149. The molecular weight excluding hydrogens is 204 g/mol. The third-order valence-corrected chi connectivity index (χ3v) is 2.51. The van der Waals surface area contributed by atoms with Gasteiger partial charge in [0, 0.05) is 18.0 Å². The fourth-order valence-electron chi connectivity index (χ4n) is 1.74. The lowest BCUT2D eigenvalue weighted by Crippen LogP contribution is -1.90. The highest BCUT2D eigenvalue weighted by atomic mass is 16.3. The van der Waals surface area contributed by atoms with E-state index in [1.807, 2.05) is 41.1 Å². The van der Waals surface area contributed by atoms with Gasteiger partial charge in [-0.2, -0.15) is 0 Å². The van der Waals surface area contributed by atoms with E-state index in [4.69, 9.17) is 4.42 Å². The molecule has 0 radical (unpaired) electrons. The Morgan fingerprint density at radius 2 is 2.25 bits per heavy atom. The summed E-state index contributed by atoms with van der Waals surface area (Å²) in [6.07, 6.45) is 5.40. The number of pyridine rings is 1. The van der Waals surface area contributed by atoms with Crippen molar-refractivity contribution in [1.29, 1.82) is 0 Å². The van der Waals surface area contributed by atoms with Crippen molar-refractivity contribution in [1.82, 2.24) is 9.38 Å². The Bertz CT molecular complexity index is 611. The van der Waals surface area contributed by atoms with Gasteiger partial charge in [0.2, 0.25) is 0 Å². The van der Waals surface area contributed by atoms with Gasteiger partial charge in [0.1, 0.15) is 11.3 Å². The van der Waals surface area contributed by atoms with Gasteiger partial charge < -0.3 is 13.9 Å². The zero-order valence-electron chi connectivity index (χ0n) is 8.50. The summed E-state index contributed by atoms with van der Waals surface area (Å²) in [6.45, 7) is -0.0149. The van der Waals surface area contributed by atoms with E-state index in [1.165, 1.54) is 0 Å². The number of fused-ring (bicyclic) bond motifs is 1. The molecule has 4 nitrogen and oxygen atoms in total. The number of aliphatic hydroxyl groups excluding tert-OH is 1. The molecule has 0 aromatic carbocycles. The van der Waals surface area contributed by atoms with Gasteiger partial charge in [-0.15, -0.1) is 0 Å². The van der Waals surface area contributed by atoms with Crippen LogP contribution in [0.3, 0.4) is 0 Å². The Hall–Kier alpha value is -2.07. The van der Waals surface area contributed by atoms with Gasteiger partial charge in [-0.3, -0.25) is 0 Å². The number of rotatable bonds is 2. The van der Waals surface area contributed by atoms with Crippen LogP contribution in [-0.4, -0.2) is 14.5 Å². The maximum atomic E-state index is 9.20. The van der Waals surface area contributed by atoms with Crippen LogP contribution >= 0.6 is 0 Å². The lowest BCUT2D eigenvalue weighted by molar-refractivity contribution is 0.282. The molecule has 0 atom stereocenters. The predicted octanol–water partition coefficient (Wildman–Crippen LogP) is 2.09. The van der Waals surface area contributed by atoms with E-state index in [2.05, 4.69) is 4.98 Å². The van der Waals surface area contributed by atoms with E-state index in [9.17, 15) is 5.11 Å². The summed E-state index contributed by atoms with van der Waals surface area (Å²) < 4.78 is 7.16. The van der Waals surface area contributed by atoms with Gasteiger partial charge in [-0.05, 0) is 18.2 Å². The van der Waals surface area contributed by atoms with E-state index in [0.29, 0.717) is 0 Å². The maximum absolute atomic E-state index is 9.20. The lowest BCUT2D eigenvalue weighted by Gasteiger charge is -1.97. The van der Waals surface area contributed by atoms with Gasteiger partial charge in [0.15, 0.2) is 5.76 Å². The van der Waals surface area contributed by atoms with Crippen LogP contribution in [-0.2, 0) is 6.61 Å². The highest BCUT2D eigenvalue weighted by Gasteiger charge is 2.08. The SMILES string of the molecule is OCc1cccn2cc(-c3ccco3)nc12. The molecule has 3 rings (SSSR count). The van der Waals surface area contributed by atoms with Crippen molar-refractivity contribution >= 4 is 5.65 Å². The molecule has 3 heterocycles. The van der Waals surface area contributed by atoms with Crippen LogP contribution in [0.1, 0.15) is 5.56 Å². The van der Waals surface area contributed by atoms with Gasteiger partial charge in [0.05, 0.1) is 12.9 Å². The van der Waals surface area contributed by atoms with Crippen molar-refractivity contribution < 1.29 is 9.52 Å². The molecule has 0 aliphatic rings. The first-order valence-electron chi connectivity index (χ1n) is 5.00. The first kappa shape index (κ1) is 9.18. The topological polar surface area (TPSA) is 50.7 Å². The van der Waals surface area contributed by atoms with Crippen LogP contribution in [0.25, 0.3) is 17.1 Å². The lowest BCUT2D eigenvalue weighted by atomic mass is 10.3. The molecule has 0 aliphatic carbocycles. The van der Waals surface area contributed by atoms with Gasteiger partial charge in [-0.1, -0.05) is 6.07 Å². The molecule has 0 aliphatic heterocycles. The monoisotopic (exact) mass is 214 g/mol. The van der Waals surface area contributed by atoms with Gasteiger partial charge in [0.25, 0.3) is 0 Å². The molecule has 3 aromatic heterocycles. The average molecular weight is 214 g/mol. The minimum absolute atomic E-state index is 0.0149. The zero-order chi connectivity index (χ0) is 11.0. The van der Waals surface area contributed by atoms with Crippen LogP contribution in [0, 0.1) is 0 Å². The van der Waals surface area contributed by atoms with Crippen LogP contribution in [0.15, 0.2) is 47.3 Å². The van der Waals surface area contributed by atoms with Crippen molar-refractivity contribution in [3.8, 4) is 11.5 Å². The summed E-state index contributed by atoms with van der Waals surface area (Å²) in [5.74, 6) is 0.729. The Morgan fingerprint density at radius 3 is 3.00 bits per heavy atom. The third-order valence-electron chi connectivity index (χ3n) is 2.51. The minimum Gasteiger partial charge on any atom is -0.463 e. The van der Waals surface area contributed by atoms with E-state index in [-0.39, 0.29) is 6.61 Å². The molecule has 1 N–H and O–H groups in total. The van der Waals surface area contributed by atoms with Crippen molar-refractivity contribution in [2.75, 3.05) is 0 Å². The molecule has 0 saturated heterocycles. The molecule has 16 heavy (non-hydrogen) atoms. The number of hydrogen-bond acceptors (Lipinski definition) is 3. The maximum Gasteiger partial charge on any atom is 0.153 e. The highest BCUT2D eigenvalue weighted by Crippen LogP contribution is 2.20. The van der Waals surface area contributed by atoms with Crippen molar-refractivity contribution in [2.24, 2.45) is 0 Å². The molecule has 0 spiro atoms. The number of imidazole rings is 1. The predicted molar refractivity (Wildman–Crippen MR) is 58.8 cm³/mol. The molecule has 0 saturated carbocycles. The molecule has 0 bridgehead atoms. The Labute approximate surface area is 91.8 Å². The van der Waals surface area contributed by atoms with Crippen molar-refractivity contribution in [2.45, 2.75) is 6.61 Å². The fraction of sp³-hybridized carbons (Fsp3) is 0.0833. The molecule has 0 fully saturated rings. The van der Waals surface area contributed by atoms with Crippen LogP contribution in [0.2, 0.25) is 0 Å². The number of aromatic nitrogens is 2. The largest absolute Gasteiger partial charge is 0.463 e. The van der Waals surface area contributed by atoms with Crippen molar-refractivity contribution in [3.05, 3.63) is 48.5 Å². The Kier molecular flexibility index (Phi) is 2.01. The summed E-state index contributed by atoms with van der Waals surface area (Å²) in [5, 5.41) is 9.20. The first-order chi connectivity index (χ1) is 7.88. The molecular formula is C12H10N2O2. The molecule has 3 aromatic rings. The molecule has 4 heteroatoms. The Balaban J connectivity index is 2.23. The molecule has 80 valence electrons. The second-order valence-electron chi connectivity index (χ2n) is 3.53. The second kappa shape index (κ2) is 3.50. The van der Waals surface area contributed by atoms with E-state index in [1.54, 1.807) is 6.26 Å². The molecule has 0 unspecified atom stereocenters. The fourth-order valence-corrected chi connectivity index (χ4v) is 1.74. The molecule has 0 amide bonds. The smallest absolute Gasteiger partial charge is 0.153 e. The van der Waals surface area contributed by atoms with Crippen molar-refractivity contribution in [3.63, 3.8) is 0 Å². The van der Waals surface area contributed by atoms with E-state index < -0.39 is 0 Å². The third kappa shape index (κ3) is 1.31. The summed E-state index contributed by atoms with van der Waals surface area (Å²) in [4.78, 5) is 4.44. The first-order valence-corrected chi connectivity index (χ1v) is 5.00. The summed E-state index contributed by atoms with van der Waals surface area (Å²) >= 11 is 0. The highest BCUT2D eigenvalue weighted by molar-refractivity contribution is 5.59. The van der Waals surface area contributed by atoms with E-state index in [0.717, 1.165) is 22.7 Å². The average Bonchev–Trinajstić information content (AvgIpc) is 2.96. The van der Waals surface area contributed by atoms with Crippen LogP contribution in [0.5, 0.6) is 0 Å². The summed E-state index contributed by atoms with van der Waals surface area (Å²) in [7, 11) is 0. The number of furan rings is 1. The van der Waals surface area contributed by atoms with Gasteiger partial charge >= 0.3 is 0 Å². The zero-order valence-corrected chi connectivity index (χ0v) is 8.50. The standard InChI is InChI=1S/C12H10N2O2/c15-8-9-3-1-5-14-7-10(13-12(9)14)11-4-2-6-16-11/h1-7,15H,8H2. The second-order valence-corrected chi connectivity index (χ2v) is 3.53. The van der Waals surface area contributed by atoms with Crippen LogP contribution in [0.4, 0.5) is 0 Å². The Morgan fingerprint density at radius 1 is 1.31 bits per heavy atom. The number of hydrogen-bond donors (Lipinski definition) is 1. The number of aliphatic hydroxyl groups is 1. The van der Waals surface area contributed by atoms with Gasteiger partial charge in [-0.25, -0.2) is 4.98 Å². The quantitative estimate of drug-likeness (QED) is 0.710. The normalized spacial score (nSPS) is 11.1. The summed E-state index contributed by atoms with van der Waals surface area (Å²) in [5.41, 5.74) is 2.34. The summed E-state index contributed by atoms with van der Waals surface area (Å²) in [6, 6.07) is 7.42.